The topological polar surface area (TPSA) is 26.3 Å². The van der Waals surface area contributed by atoms with Crippen molar-refractivity contribution in [1.29, 1.82) is 0 Å². The Bertz CT molecular complexity index is 1340. The minimum absolute atomic E-state index is 0.153. The third-order valence-corrected chi connectivity index (χ3v) is 5.90. The molecule has 0 fully saturated rings. The molecule has 0 amide bonds. The highest BCUT2D eigenvalue weighted by atomic mass is 16.5. The molecule has 1 aliphatic heterocycles. The number of hydrogen-bond donors (Lipinski definition) is 0. The van der Waals surface area contributed by atoms with E-state index in [1.807, 2.05) is 60.7 Å². The molecule has 0 aromatic heterocycles. The zero-order chi connectivity index (χ0) is 21.8. The van der Waals surface area contributed by atoms with Gasteiger partial charge in [0.2, 0.25) is 0 Å². The summed E-state index contributed by atoms with van der Waals surface area (Å²) in [7, 11) is 0. The molecule has 2 atom stereocenters. The second-order valence-electron chi connectivity index (χ2n) is 8.01. The summed E-state index contributed by atoms with van der Waals surface area (Å²) in [4.78, 5) is 13.0. The van der Waals surface area contributed by atoms with Gasteiger partial charge in [-0.2, -0.15) is 0 Å². The third kappa shape index (κ3) is 4.19. The highest BCUT2D eigenvalue weighted by Gasteiger charge is 2.36. The molecule has 5 rings (SSSR count). The Labute approximate surface area is 188 Å². The van der Waals surface area contributed by atoms with Crippen molar-refractivity contribution in [3.05, 3.63) is 132 Å². The average molecular weight is 415 g/mol. The Kier molecular flexibility index (Phi) is 5.56. The maximum Gasteiger partial charge on any atom is 0.315 e. The highest BCUT2D eigenvalue weighted by molar-refractivity contribution is 5.83. The van der Waals surface area contributed by atoms with Gasteiger partial charge in [-0.25, -0.2) is 0 Å². The molecule has 2 heteroatoms. The van der Waals surface area contributed by atoms with Crippen LogP contribution in [0.4, 0.5) is 0 Å². The van der Waals surface area contributed by atoms with Gasteiger partial charge in [-0.05, 0) is 40.5 Å². The van der Waals surface area contributed by atoms with Crippen molar-refractivity contribution in [3.63, 3.8) is 0 Å². The lowest BCUT2D eigenvalue weighted by Gasteiger charge is -2.29. The molecule has 0 bridgehead atoms. The number of carbonyl (C=O) groups excluding carboxylic acids is 1. The van der Waals surface area contributed by atoms with Crippen molar-refractivity contribution in [2.75, 3.05) is 0 Å². The Morgan fingerprint density at radius 2 is 1.41 bits per heavy atom. The van der Waals surface area contributed by atoms with Crippen LogP contribution in [0.3, 0.4) is 0 Å². The largest absolute Gasteiger partial charge is 0.433 e. The molecule has 4 aromatic carbocycles. The quantitative estimate of drug-likeness (QED) is 0.291. The van der Waals surface area contributed by atoms with Crippen LogP contribution in [0.5, 0.6) is 0 Å². The minimum atomic E-state index is -0.344. The van der Waals surface area contributed by atoms with Crippen LogP contribution >= 0.6 is 0 Å². The molecule has 0 aliphatic carbocycles. The van der Waals surface area contributed by atoms with E-state index < -0.39 is 0 Å². The van der Waals surface area contributed by atoms with Gasteiger partial charge < -0.3 is 4.74 Å². The standard InChI is InChI=1S/C30H22O2/c31-30-28(20-23-16-17-24-11-7-8-14-26(24)19-23)29(25-12-5-2-6-13-25)27(21-32-30)18-15-22-9-3-1-4-10-22/h1-14,16-17,19,21,28-29H,20H2/t28-,29+/m0/s1. The molecule has 0 spiro atoms. The molecule has 0 saturated carbocycles. The van der Waals surface area contributed by atoms with Gasteiger partial charge in [0.1, 0.15) is 6.26 Å². The second kappa shape index (κ2) is 8.96. The fourth-order valence-corrected chi connectivity index (χ4v) is 4.30. The molecule has 0 unspecified atom stereocenters. The van der Waals surface area contributed by atoms with Crippen LogP contribution < -0.4 is 0 Å². The Morgan fingerprint density at radius 1 is 0.719 bits per heavy atom. The van der Waals surface area contributed by atoms with E-state index in [0.717, 1.165) is 22.3 Å². The number of cyclic esters (lactones) is 1. The van der Waals surface area contributed by atoms with E-state index in [9.17, 15) is 4.79 Å². The van der Waals surface area contributed by atoms with Crippen molar-refractivity contribution in [2.24, 2.45) is 5.92 Å². The van der Waals surface area contributed by atoms with Gasteiger partial charge in [-0.3, -0.25) is 4.79 Å². The van der Waals surface area contributed by atoms with E-state index in [4.69, 9.17) is 4.74 Å². The average Bonchev–Trinajstić information content (AvgIpc) is 2.85. The van der Waals surface area contributed by atoms with Gasteiger partial charge in [0, 0.05) is 17.1 Å². The molecule has 2 nitrogen and oxygen atoms in total. The van der Waals surface area contributed by atoms with E-state index in [1.54, 1.807) is 0 Å². The molecule has 32 heavy (non-hydrogen) atoms. The van der Waals surface area contributed by atoms with Crippen molar-refractivity contribution < 1.29 is 9.53 Å². The van der Waals surface area contributed by atoms with Crippen LogP contribution in [-0.4, -0.2) is 5.97 Å². The number of rotatable bonds is 3. The van der Waals surface area contributed by atoms with E-state index in [1.165, 1.54) is 17.0 Å². The first kappa shape index (κ1) is 19.8. The molecule has 0 radical (unpaired) electrons. The molecule has 154 valence electrons. The van der Waals surface area contributed by atoms with Gasteiger partial charge in [-0.1, -0.05) is 103 Å². The monoisotopic (exact) mass is 414 g/mol. The molecular weight excluding hydrogens is 392 g/mol. The predicted octanol–water partition coefficient (Wildman–Crippen LogP) is 6.27. The number of ether oxygens (including phenoxy) is 1. The highest BCUT2D eigenvalue weighted by Crippen LogP contribution is 2.38. The Balaban J connectivity index is 1.53. The van der Waals surface area contributed by atoms with Gasteiger partial charge in [0.25, 0.3) is 0 Å². The molecule has 4 aromatic rings. The predicted molar refractivity (Wildman–Crippen MR) is 128 cm³/mol. The van der Waals surface area contributed by atoms with E-state index >= 15 is 0 Å². The van der Waals surface area contributed by atoms with Gasteiger partial charge in [0.05, 0.1) is 5.92 Å². The number of hydrogen-bond acceptors (Lipinski definition) is 2. The fraction of sp³-hybridized carbons (Fsp3) is 0.100. The first-order chi connectivity index (χ1) is 15.8. The van der Waals surface area contributed by atoms with E-state index in [-0.39, 0.29) is 17.8 Å². The van der Waals surface area contributed by atoms with Crippen molar-refractivity contribution in [1.82, 2.24) is 0 Å². The number of benzene rings is 4. The lowest BCUT2D eigenvalue weighted by atomic mass is 9.76. The van der Waals surface area contributed by atoms with Crippen LogP contribution in [0.25, 0.3) is 10.8 Å². The summed E-state index contributed by atoms with van der Waals surface area (Å²) >= 11 is 0. The summed E-state index contributed by atoms with van der Waals surface area (Å²) in [6, 6.07) is 34.6. The van der Waals surface area contributed by atoms with Crippen LogP contribution in [-0.2, 0) is 16.0 Å². The summed E-state index contributed by atoms with van der Waals surface area (Å²) in [6.07, 6.45) is 2.13. The Morgan fingerprint density at radius 3 is 2.19 bits per heavy atom. The SMILES string of the molecule is O=C1OC=C(C#Cc2ccccc2)[C@@H](c2ccccc2)[C@@H]1Cc1ccc2ccccc2c1. The third-order valence-electron chi connectivity index (χ3n) is 5.90. The minimum Gasteiger partial charge on any atom is -0.433 e. The zero-order valence-electron chi connectivity index (χ0n) is 17.6. The number of esters is 1. The lowest BCUT2D eigenvalue weighted by Crippen LogP contribution is -2.30. The molecule has 0 saturated heterocycles. The zero-order valence-corrected chi connectivity index (χ0v) is 17.6. The molecule has 1 heterocycles. The number of allylic oxidation sites excluding steroid dienone is 1. The van der Waals surface area contributed by atoms with Crippen LogP contribution in [0.1, 0.15) is 22.6 Å². The van der Waals surface area contributed by atoms with Crippen molar-refractivity contribution in [2.45, 2.75) is 12.3 Å². The lowest BCUT2D eigenvalue weighted by molar-refractivity contribution is -0.144. The molecule has 1 aliphatic rings. The first-order valence-electron chi connectivity index (χ1n) is 10.8. The van der Waals surface area contributed by atoms with E-state index in [2.05, 4.69) is 54.3 Å². The van der Waals surface area contributed by atoms with Gasteiger partial charge in [-0.15, -0.1) is 0 Å². The summed E-state index contributed by atoms with van der Waals surface area (Å²) in [5.41, 5.74) is 3.95. The maximum absolute atomic E-state index is 13.0. The summed E-state index contributed by atoms with van der Waals surface area (Å²) < 4.78 is 5.50. The van der Waals surface area contributed by atoms with E-state index in [0.29, 0.717) is 6.42 Å². The molecule has 0 N–H and O–H groups in total. The fourth-order valence-electron chi connectivity index (χ4n) is 4.30. The first-order valence-corrected chi connectivity index (χ1v) is 10.8. The summed E-state index contributed by atoms with van der Waals surface area (Å²) in [5.74, 6) is 5.81. The maximum atomic E-state index is 13.0. The van der Waals surface area contributed by atoms with Crippen LogP contribution in [0.2, 0.25) is 0 Å². The number of carbonyl (C=O) groups is 1. The van der Waals surface area contributed by atoms with Crippen molar-refractivity contribution in [3.8, 4) is 11.8 Å². The summed E-state index contributed by atoms with van der Waals surface area (Å²) in [5, 5.41) is 2.36. The summed E-state index contributed by atoms with van der Waals surface area (Å²) in [6.45, 7) is 0. The normalized spacial score (nSPS) is 17.8. The molecular formula is C30H22O2. The van der Waals surface area contributed by atoms with Gasteiger partial charge in [0.15, 0.2) is 0 Å². The van der Waals surface area contributed by atoms with Crippen molar-refractivity contribution >= 4 is 16.7 Å². The van der Waals surface area contributed by atoms with Crippen LogP contribution in [0.15, 0.2) is 115 Å². The Hall–Kier alpha value is -4.09. The van der Waals surface area contributed by atoms with Gasteiger partial charge >= 0.3 is 5.97 Å². The second-order valence-corrected chi connectivity index (χ2v) is 8.01. The number of fused-ring (bicyclic) bond motifs is 1. The smallest absolute Gasteiger partial charge is 0.315 e. The van der Waals surface area contributed by atoms with Crippen LogP contribution in [0, 0.1) is 17.8 Å².